The van der Waals surface area contributed by atoms with E-state index in [1.54, 1.807) is 6.92 Å². The second-order valence-electron chi connectivity index (χ2n) is 4.90. The molecule has 1 saturated heterocycles. The predicted molar refractivity (Wildman–Crippen MR) is 79.5 cm³/mol. The molecule has 1 aliphatic heterocycles. The van der Waals surface area contributed by atoms with E-state index in [2.05, 4.69) is 5.10 Å². The molecular formula is C15H14ClFN2O4. The Kier molecular flexibility index (Phi) is 4.49. The first kappa shape index (κ1) is 15.8. The Hall–Kier alpha value is -2.12. The number of benzene rings is 1. The van der Waals surface area contributed by atoms with E-state index in [0.29, 0.717) is 13.2 Å². The molecule has 0 amide bonds. The molecule has 0 bridgehead atoms. The van der Waals surface area contributed by atoms with Crippen molar-refractivity contribution in [2.75, 3.05) is 19.8 Å². The van der Waals surface area contributed by atoms with Gasteiger partial charge in [-0.1, -0.05) is 11.6 Å². The highest BCUT2D eigenvalue weighted by molar-refractivity contribution is 6.30. The lowest BCUT2D eigenvalue weighted by Crippen LogP contribution is -2.31. The molecule has 3 rings (SSSR count). The van der Waals surface area contributed by atoms with Gasteiger partial charge in [0.2, 0.25) is 5.88 Å². The molecule has 0 spiro atoms. The minimum atomic E-state index is -0.634. The maximum absolute atomic E-state index is 14.0. The lowest BCUT2D eigenvalue weighted by atomic mass is 10.2. The van der Waals surface area contributed by atoms with Crippen LogP contribution in [0.25, 0.3) is 0 Å². The van der Waals surface area contributed by atoms with Crippen molar-refractivity contribution < 1.29 is 23.4 Å². The van der Waals surface area contributed by atoms with Crippen molar-refractivity contribution >= 4 is 17.6 Å². The molecule has 0 saturated carbocycles. The van der Waals surface area contributed by atoms with Crippen LogP contribution in [0.5, 0.6) is 11.6 Å². The van der Waals surface area contributed by atoms with Gasteiger partial charge in [0, 0.05) is 5.02 Å². The van der Waals surface area contributed by atoms with Crippen molar-refractivity contribution in [3.8, 4) is 11.6 Å². The zero-order chi connectivity index (χ0) is 16.4. The van der Waals surface area contributed by atoms with Crippen LogP contribution >= 0.6 is 11.6 Å². The normalized spacial score (nSPS) is 14.4. The summed E-state index contributed by atoms with van der Waals surface area (Å²) in [5.74, 6) is -1.15. The number of carbonyl (C=O) groups is 1. The fraction of sp³-hybridized carbons (Fsp3) is 0.333. The molecule has 0 unspecified atom stereocenters. The van der Waals surface area contributed by atoms with Gasteiger partial charge >= 0.3 is 5.97 Å². The Morgan fingerprint density at radius 2 is 2.30 bits per heavy atom. The molecule has 2 aromatic rings. The number of esters is 1. The standard InChI is InChI=1S/C15H14ClFN2O4/c1-2-22-15(20)11-6-18-19(10-7-21-8-10)14(11)23-13-4-3-9(16)5-12(13)17/h3-6,10H,2,7-8H2,1H3. The molecule has 1 aromatic carbocycles. The van der Waals surface area contributed by atoms with Crippen LogP contribution in [-0.2, 0) is 9.47 Å². The average Bonchev–Trinajstić information content (AvgIpc) is 2.84. The number of nitrogens with zero attached hydrogens (tertiary/aromatic N) is 2. The van der Waals surface area contributed by atoms with Crippen LogP contribution in [0, 0.1) is 5.82 Å². The highest BCUT2D eigenvalue weighted by atomic mass is 35.5. The lowest BCUT2D eigenvalue weighted by molar-refractivity contribution is -0.0311. The predicted octanol–water partition coefficient (Wildman–Crippen LogP) is 3.22. The maximum Gasteiger partial charge on any atom is 0.345 e. The number of rotatable bonds is 5. The van der Waals surface area contributed by atoms with Crippen molar-refractivity contribution in [2.24, 2.45) is 0 Å². The largest absolute Gasteiger partial charge is 0.462 e. The Bertz CT molecular complexity index is 730. The minimum Gasteiger partial charge on any atom is -0.462 e. The second kappa shape index (κ2) is 6.55. The summed E-state index contributed by atoms with van der Waals surface area (Å²) in [5, 5.41) is 4.40. The number of hydrogen-bond acceptors (Lipinski definition) is 5. The van der Waals surface area contributed by atoms with Crippen LogP contribution < -0.4 is 4.74 Å². The zero-order valence-corrected chi connectivity index (χ0v) is 13.0. The van der Waals surface area contributed by atoms with Crippen LogP contribution in [-0.4, -0.2) is 35.6 Å². The smallest absolute Gasteiger partial charge is 0.345 e. The van der Waals surface area contributed by atoms with Gasteiger partial charge in [-0.05, 0) is 25.1 Å². The van der Waals surface area contributed by atoms with Gasteiger partial charge in [-0.15, -0.1) is 0 Å². The van der Waals surface area contributed by atoms with Crippen molar-refractivity contribution in [3.05, 3.63) is 40.8 Å². The number of ether oxygens (including phenoxy) is 3. The number of halogens is 2. The molecule has 0 radical (unpaired) electrons. The fourth-order valence-corrected chi connectivity index (χ4v) is 2.25. The molecule has 1 fully saturated rings. The lowest BCUT2D eigenvalue weighted by Gasteiger charge is -2.27. The van der Waals surface area contributed by atoms with E-state index in [9.17, 15) is 9.18 Å². The van der Waals surface area contributed by atoms with E-state index in [4.69, 9.17) is 25.8 Å². The fourth-order valence-electron chi connectivity index (χ4n) is 2.09. The summed E-state index contributed by atoms with van der Waals surface area (Å²) in [4.78, 5) is 12.0. The minimum absolute atomic E-state index is 0.0538. The summed E-state index contributed by atoms with van der Waals surface area (Å²) in [7, 11) is 0. The molecule has 8 heteroatoms. The Morgan fingerprint density at radius 1 is 1.52 bits per heavy atom. The van der Waals surface area contributed by atoms with Crippen LogP contribution in [0.2, 0.25) is 5.02 Å². The Morgan fingerprint density at radius 3 is 2.91 bits per heavy atom. The summed E-state index contributed by atoms with van der Waals surface area (Å²) in [6, 6.07) is 3.95. The summed E-state index contributed by atoms with van der Waals surface area (Å²) >= 11 is 5.73. The van der Waals surface area contributed by atoms with Gasteiger partial charge in [-0.25, -0.2) is 13.9 Å². The van der Waals surface area contributed by atoms with E-state index >= 15 is 0 Å². The Balaban J connectivity index is 1.97. The summed E-state index contributed by atoms with van der Waals surface area (Å²) in [5.41, 5.74) is 0.133. The number of hydrogen-bond donors (Lipinski definition) is 0. The van der Waals surface area contributed by atoms with Crippen molar-refractivity contribution in [2.45, 2.75) is 13.0 Å². The highest BCUT2D eigenvalue weighted by Crippen LogP contribution is 2.33. The molecule has 1 aromatic heterocycles. The van der Waals surface area contributed by atoms with Gasteiger partial charge in [-0.3, -0.25) is 0 Å². The van der Waals surface area contributed by atoms with E-state index in [1.165, 1.54) is 23.0 Å². The van der Waals surface area contributed by atoms with Gasteiger partial charge in [0.1, 0.15) is 11.6 Å². The average molecular weight is 341 g/mol. The van der Waals surface area contributed by atoms with Gasteiger partial charge < -0.3 is 14.2 Å². The third-order valence-corrected chi connectivity index (χ3v) is 3.55. The molecule has 0 atom stereocenters. The van der Waals surface area contributed by atoms with Crippen LogP contribution in [0.15, 0.2) is 24.4 Å². The monoisotopic (exact) mass is 340 g/mol. The van der Waals surface area contributed by atoms with Crippen molar-refractivity contribution in [1.29, 1.82) is 0 Å². The maximum atomic E-state index is 14.0. The van der Waals surface area contributed by atoms with Crippen molar-refractivity contribution in [3.63, 3.8) is 0 Å². The summed E-state index contributed by atoms with van der Waals surface area (Å²) in [6.45, 7) is 2.81. The zero-order valence-electron chi connectivity index (χ0n) is 12.3. The van der Waals surface area contributed by atoms with Gasteiger partial charge in [0.25, 0.3) is 0 Å². The van der Waals surface area contributed by atoms with Gasteiger partial charge in [0.15, 0.2) is 11.6 Å². The van der Waals surface area contributed by atoms with Crippen LogP contribution in [0.4, 0.5) is 4.39 Å². The molecule has 23 heavy (non-hydrogen) atoms. The first-order valence-electron chi connectivity index (χ1n) is 7.05. The van der Waals surface area contributed by atoms with Gasteiger partial charge in [-0.2, -0.15) is 5.10 Å². The van der Waals surface area contributed by atoms with E-state index in [-0.39, 0.29) is 34.9 Å². The van der Waals surface area contributed by atoms with Gasteiger partial charge in [0.05, 0.1) is 26.0 Å². The second-order valence-corrected chi connectivity index (χ2v) is 5.33. The SMILES string of the molecule is CCOC(=O)c1cnn(C2COC2)c1Oc1ccc(Cl)cc1F. The third kappa shape index (κ3) is 3.16. The number of aromatic nitrogens is 2. The van der Waals surface area contributed by atoms with E-state index in [1.807, 2.05) is 0 Å². The highest BCUT2D eigenvalue weighted by Gasteiger charge is 2.29. The third-order valence-electron chi connectivity index (χ3n) is 3.31. The topological polar surface area (TPSA) is 62.6 Å². The molecule has 0 aliphatic carbocycles. The van der Waals surface area contributed by atoms with E-state index < -0.39 is 11.8 Å². The Labute approximate surface area is 136 Å². The number of carbonyl (C=O) groups excluding carboxylic acids is 1. The molecule has 1 aliphatic rings. The summed E-state index contributed by atoms with van der Waals surface area (Å²) < 4.78 is 31.2. The van der Waals surface area contributed by atoms with E-state index in [0.717, 1.165) is 6.07 Å². The first-order valence-corrected chi connectivity index (χ1v) is 7.43. The quantitative estimate of drug-likeness (QED) is 0.782. The molecule has 0 N–H and O–H groups in total. The molecule has 6 nitrogen and oxygen atoms in total. The summed E-state index contributed by atoms with van der Waals surface area (Å²) in [6.07, 6.45) is 1.35. The van der Waals surface area contributed by atoms with Crippen LogP contribution in [0.1, 0.15) is 23.3 Å². The molecule has 122 valence electrons. The first-order chi connectivity index (χ1) is 11.1. The molecule has 2 heterocycles. The molecular weight excluding hydrogens is 327 g/mol. The van der Waals surface area contributed by atoms with Crippen LogP contribution in [0.3, 0.4) is 0 Å². The van der Waals surface area contributed by atoms with Crippen molar-refractivity contribution in [1.82, 2.24) is 9.78 Å².